The molecule has 1 saturated heterocycles. The van der Waals surface area contributed by atoms with Crippen LogP contribution in [0.2, 0.25) is 0 Å². The lowest BCUT2D eigenvalue weighted by atomic mass is 10.2. The lowest BCUT2D eigenvalue weighted by Crippen LogP contribution is -2.38. The Hall–Kier alpha value is -2.36. The summed E-state index contributed by atoms with van der Waals surface area (Å²) in [4.78, 5) is 19.0. The third-order valence-electron chi connectivity index (χ3n) is 4.17. The van der Waals surface area contributed by atoms with Gasteiger partial charge in [-0.25, -0.2) is 0 Å². The van der Waals surface area contributed by atoms with Gasteiger partial charge in [0.2, 0.25) is 0 Å². The number of carbonyl (C=O) groups excluding carboxylic acids is 1. The van der Waals surface area contributed by atoms with E-state index in [1.54, 1.807) is 13.8 Å². The SMILES string of the molecule is Cc1noc(C)c1-c1nc(CN2CCCN(C(=O)C(F)F)CC2)no1. The average molecular weight is 355 g/mol. The highest BCUT2D eigenvalue weighted by Crippen LogP contribution is 2.25. The fraction of sp³-hybridized carbons (Fsp3) is 0.600. The van der Waals surface area contributed by atoms with Crippen LogP contribution in [0.25, 0.3) is 11.5 Å². The van der Waals surface area contributed by atoms with E-state index in [2.05, 4.69) is 15.3 Å². The topological polar surface area (TPSA) is 88.5 Å². The van der Waals surface area contributed by atoms with Gasteiger partial charge in [-0.05, 0) is 20.3 Å². The van der Waals surface area contributed by atoms with Crippen molar-refractivity contribution in [3.8, 4) is 11.5 Å². The van der Waals surface area contributed by atoms with Crippen molar-refractivity contribution in [2.24, 2.45) is 0 Å². The maximum atomic E-state index is 12.5. The number of hydrogen-bond donors (Lipinski definition) is 0. The van der Waals surface area contributed by atoms with Crippen LogP contribution in [-0.4, -0.2) is 63.6 Å². The van der Waals surface area contributed by atoms with Crippen LogP contribution in [0.4, 0.5) is 8.78 Å². The summed E-state index contributed by atoms with van der Waals surface area (Å²) in [6.45, 7) is 5.72. The summed E-state index contributed by atoms with van der Waals surface area (Å²) in [6, 6.07) is 0. The first-order chi connectivity index (χ1) is 12.0. The maximum Gasteiger partial charge on any atom is 0.315 e. The van der Waals surface area contributed by atoms with Gasteiger partial charge in [0, 0.05) is 26.2 Å². The Bertz CT molecular complexity index is 726. The first-order valence-corrected chi connectivity index (χ1v) is 8.01. The van der Waals surface area contributed by atoms with E-state index in [4.69, 9.17) is 9.05 Å². The molecule has 0 atom stereocenters. The van der Waals surface area contributed by atoms with Gasteiger partial charge < -0.3 is 13.9 Å². The normalized spacial score (nSPS) is 16.4. The summed E-state index contributed by atoms with van der Waals surface area (Å²) in [5, 5.41) is 7.82. The highest BCUT2D eigenvalue weighted by atomic mass is 19.3. The van der Waals surface area contributed by atoms with Crippen molar-refractivity contribution >= 4 is 5.91 Å². The molecule has 0 spiro atoms. The molecule has 0 radical (unpaired) electrons. The van der Waals surface area contributed by atoms with Crippen LogP contribution < -0.4 is 0 Å². The Balaban J connectivity index is 1.63. The minimum absolute atomic E-state index is 0.262. The molecule has 0 aromatic carbocycles. The zero-order valence-electron chi connectivity index (χ0n) is 14.0. The molecule has 2 aromatic heterocycles. The van der Waals surface area contributed by atoms with Gasteiger partial charge in [-0.1, -0.05) is 10.3 Å². The van der Waals surface area contributed by atoms with E-state index in [1.165, 1.54) is 4.90 Å². The summed E-state index contributed by atoms with van der Waals surface area (Å²) >= 11 is 0. The minimum atomic E-state index is -2.96. The molecule has 136 valence electrons. The maximum absolute atomic E-state index is 12.5. The number of aryl methyl sites for hydroxylation is 2. The number of aromatic nitrogens is 3. The van der Waals surface area contributed by atoms with E-state index in [9.17, 15) is 13.6 Å². The van der Waals surface area contributed by atoms with Crippen LogP contribution in [0, 0.1) is 13.8 Å². The average Bonchev–Trinajstić information content (AvgIpc) is 3.06. The largest absolute Gasteiger partial charge is 0.361 e. The predicted molar refractivity (Wildman–Crippen MR) is 81.7 cm³/mol. The van der Waals surface area contributed by atoms with Crippen molar-refractivity contribution in [1.29, 1.82) is 0 Å². The van der Waals surface area contributed by atoms with Crippen LogP contribution in [0.3, 0.4) is 0 Å². The van der Waals surface area contributed by atoms with Crippen LogP contribution >= 0.6 is 0 Å². The zero-order valence-corrected chi connectivity index (χ0v) is 14.0. The van der Waals surface area contributed by atoms with Gasteiger partial charge in [0.15, 0.2) is 5.82 Å². The molecule has 1 aliphatic heterocycles. The van der Waals surface area contributed by atoms with Gasteiger partial charge in [0.1, 0.15) is 11.3 Å². The van der Waals surface area contributed by atoms with Gasteiger partial charge >= 0.3 is 6.43 Å². The highest BCUT2D eigenvalue weighted by Gasteiger charge is 2.26. The monoisotopic (exact) mass is 355 g/mol. The number of alkyl halides is 2. The third-order valence-corrected chi connectivity index (χ3v) is 4.17. The quantitative estimate of drug-likeness (QED) is 0.824. The van der Waals surface area contributed by atoms with Crippen molar-refractivity contribution in [2.75, 3.05) is 26.2 Å². The molecule has 10 heteroatoms. The molecule has 3 rings (SSSR count). The van der Waals surface area contributed by atoms with Gasteiger partial charge in [-0.15, -0.1) is 0 Å². The van der Waals surface area contributed by atoms with Crippen molar-refractivity contribution in [3.63, 3.8) is 0 Å². The molecule has 1 aliphatic rings. The molecule has 1 amide bonds. The molecule has 0 saturated carbocycles. The molecule has 1 fully saturated rings. The van der Waals surface area contributed by atoms with E-state index in [0.29, 0.717) is 61.3 Å². The minimum Gasteiger partial charge on any atom is -0.361 e. The predicted octanol–water partition coefficient (Wildman–Crippen LogP) is 1.64. The van der Waals surface area contributed by atoms with E-state index >= 15 is 0 Å². The molecule has 3 heterocycles. The number of nitrogens with zero attached hydrogens (tertiary/aromatic N) is 5. The van der Waals surface area contributed by atoms with E-state index in [0.717, 1.165) is 0 Å². The molecule has 0 N–H and O–H groups in total. The Kier molecular flexibility index (Phi) is 5.07. The number of halogens is 2. The molecule has 25 heavy (non-hydrogen) atoms. The molecular formula is C15H19F2N5O3. The number of amides is 1. The van der Waals surface area contributed by atoms with Gasteiger partial charge in [-0.2, -0.15) is 13.8 Å². The number of hydrogen-bond acceptors (Lipinski definition) is 7. The summed E-state index contributed by atoms with van der Waals surface area (Å²) in [7, 11) is 0. The number of rotatable bonds is 4. The Morgan fingerprint density at radius 3 is 2.64 bits per heavy atom. The van der Waals surface area contributed by atoms with E-state index in [1.807, 2.05) is 4.90 Å². The van der Waals surface area contributed by atoms with Gasteiger partial charge in [-0.3, -0.25) is 9.69 Å². The fourth-order valence-electron chi connectivity index (χ4n) is 2.90. The smallest absolute Gasteiger partial charge is 0.315 e. The van der Waals surface area contributed by atoms with Crippen LogP contribution in [0.1, 0.15) is 23.7 Å². The molecule has 0 unspecified atom stereocenters. The summed E-state index contributed by atoms with van der Waals surface area (Å²) in [6.07, 6.45) is -2.34. The Morgan fingerprint density at radius 1 is 1.16 bits per heavy atom. The van der Waals surface area contributed by atoms with Gasteiger partial charge in [0.25, 0.3) is 11.8 Å². The second-order valence-corrected chi connectivity index (χ2v) is 5.97. The number of carbonyl (C=O) groups is 1. The van der Waals surface area contributed by atoms with Crippen molar-refractivity contribution in [3.05, 3.63) is 17.3 Å². The molecule has 2 aromatic rings. The highest BCUT2D eigenvalue weighted by molar-refractivity contribution is 5.79. The van der Waals surface area contributed by atoms with Crippen LogP contribution in [0.5, 0.6) is 0 Å². The van der Waals surface area contributed by atoms with Crippen molar-refractivity contribution < 1.29 is 22.6 Å². The fourth-order valence-corrected chi connectivity index (χ4v) is 2.90. The van der Waals surface area contributed by atoms with E-state index < -0.39 is 12.3 Å². The zero-order chi connectivity index (χ0) is 18.0. The molecule has 0 aliphatic carbocycles. The van der Waals surface area contributed by atoms with Gasteiger partial charge in [0.05, 0.1) is 12.2 Å². The lowest BCUT2D eigenvalue weighted by Gasteiger charge is -2.20. The molecular weight excluding hydrogens is 336 g/mol. The molecule has 0 bridgehead atoms. The van der Waals surface area contributed by atoms with Crippen LogP contribution in [-0.2, 0) is 11.3 Å². The van der Waals surface area contributed by atoms with Crippen molar-refractivity contribution in [2.45, 2.75) is 33.2 Å². The third kappa shape index (κ3) is 3.84. The molecule has 8 nitrogen and oxygen atoms in total. The second kappa shape index (κ2) is 7.26. The van der Waals surface area contributed by atoms with Crippen LogP contribution in [0.15, 0.2) is 9.05 Å². The standard InChI is InChI=1S/C15H19F2N5O3/c1-9-12(10(2)24-19-9)14-18-11(20-25-14)8-21-4-3-5-22(7-6-21)15(23)13(16)17/h13H,3-8H2,1-2H3. The summed E-state index contributed by atoms with van der Waals surface area (Å²) in [5.74, 6) is 0.324. The Morgan fingerprint density at radius 2 is 1.96 bits per heavy atom. The van der Waals surface area contributed by atoms with Crippen molar-refractivity contribution in [1.82, 2.24) is 25.1 Å². The lowest BCUT2D eigenvalue weighted by molar-refractivity contribution is -0.142. The summed E-state index contributed by atoms with van der Waals surface area (Å²) in [5.41, 5.74) is 1.35. The second-order valence-electron chi connectivity index (χ2n) is 5.97. The van der Waals surface area contributed by atoms with E-state index in [-0.39, 0.29) is 6.54 Å². The summed E-state index contributed by atoms with van der Waals surface area (Å²) < 4.78 is 35.5. The first kappa shape index (κ1) is 17.5. The first-order valence-electron chi connectivity index (χ1n) is 8.01. The Labute approximate surface area is 142 Å².